The molecule has 3 heterocycles. The molecule has 0 spiro atoms. The molecule has 11 heteroatoms. The number of nitrogens with zero attached hydrogens (tertiary/aromatic N) is 6. The van der Waals surface area contributed by atoms with Crippen molar-refractivity contribution in [2.24, 2.45) is 0 Å². The maximum Gasteiger partial charge on any atom is 0.410 e. The summed E-state index contributed by atoms with van der Waals surface area (Å²) in [6.45, 7) is 7.50. The minimum atomic E-state index is -0.546. The number of fused-ring (bicyclic) bond motifs is 1. The fourth-order valence-corrected chi connectivity index (χ4v) is 5.48. The van der Waals surface area contributed by atoms with Crippen LogP contribution in [-0.4, -0.2) is 63.0 Å². The minimum Gasteiger partial charge on any atom is -0.497 e. The standard InChI is InChI=1S/C31H37BrN6O4/c1-31(2,3)42-30(39)37-16-6-7-23(37)17-27-34-29-28(33-26(32)20-38(29)35-27)36(18-21-8-12-24(40-4)13-9-21)19-22-10-14-25(41-5)15-11-22/h8-15,20,23H,6-7,16-19H2,1-5H3. The van der Waals surface area contributed by atoms with Crippen LogP contribution in [0.3, 0.4) is 0 Å². The average Bonchev–Trinajstić information content (AvgIpc) is 3.59. The van der Waals surface area contributed by atoms with Gasteiger partial charge in [-0.25, -0.2) is 19.3 Å². The Kier molecular flexibility index (Phi) is 8.86. The average molecular weight is 638 g/mol. The Balaban J connectivity index is 1.46. The maximum atomic E-state index is 12.9. The Morgan fingerprint density at radius 3 is 2.12 bits per heavy atom. The predicted octanol–water partition coefficient (Wildman–Crippen LogP) is 6.05. The van der Waals surface area contributed by atoms with Crippen LogP contribution in [0.1, 0.15) is 50.6 Å². The van der Waals surface area contributed by atoms with Crippen molar-refractivity contribution in [1.29, 1.82) is 0 Å². The highest BCUT2D eigenvalue weighted by atomic mass is 79.9. The zero-order valence-electron chi connectivity index (χ0n) is 24.7. The van der Waals surface area contributed by atoms with Crippen molar-refractivity contribution in [2.75, 3.05) is 25.7 Å². The second-order valence-corrected chi connectivity index (χ2v) is 12.2. The fourth-order valence-electron chi connectivity index (χ4n) is 5.12. The molecule has 0 aliphatic carbocycles. The summed E-state index contributed by atoms with van der Waals surface area (Å²) >= 11 is 3.59. The first-order valence-electron chi connectivity index (χ1n) is 14.0. The number of ether oxygens (including phenoxy) is 3. The molecular weight excluding hydrogens is 600 g/mol. The van der Waals surface area contributed by atoms with Crippen LogP contribution in [0.2, 0.25) is 0 Å². The summed E-state index contributed by atoms with van der Waals surface area (Å²) in [5, 5.41) is 4.80. The van der Waals surface area contributed by atoms with Gasteiger partial charge in [-0.3, -0.25) is 0 Å². The van der Waals surface area contributed by atoms with Crippen LogP contribution in [0.5, 0.6) is 11.5 Å². The van der Waals surface area contributed by atoms with Gasteiger partial charge in [0.2, 0.25) is 0 Å². The lowest BCUT2D eigenvalue weighted by atomic mass is 10.1. The third kappa shape index (κ3) is 7.13. The first-order chi connectivity index (χ1) is 20.1. The number of carbonyl (C=O) groups excluding carboxylic acids is 1. The molecule has 1 amide bonds. The lowest BCUT2D eigenvalue weighted by molar-refractivity contribution is 0.0225. The van der Waals surface area contributed by atoms with Crippen LogP contribution in [-0.2, 0) is 24.2 Å². The summed E-state index contributed by atoms with van der Waals surface area (Å²) in [5.74, 6) is 2.96. The zero-order chi connectivity index (χ0) is 29.9. The number of anilines is 1. The van der Waals surface area contributed by atoms with Gasteiger partial charge in [0.1, 0.15) is 21.7 Å². The fraction of sp³-hybridized carbons (Fsp3) is 0.419. The van der Waals surface area contributed by atoms with E-state index in [1.54, 1.807) is 18.7 Å². The van der Waals surface area contributed by atoms with E-state index in [9.17, 15) is 4.79 Å². The molecule has 10 nitrogen and oxygen atoms in total. The molecule has 1 atom stereocenters. The number of likely N-dealkylation sites (tertiary alicyclic amines) is 1. The summed E-state index contributed by atoms with van der Waals surface area (Å²) in [7, 11) is 3.32. The van der Waals surface area contributed by atoms with E-state index in [4.69, 9.17) is 29.3 Å². The SMILES string of the molecule is COc1ccc(CN(Cc2ccc(OC)cc2)c2nc(Br)cn3nc(CC4CCCN4C(=O)OC(C)(C)C)nc23)cc1. The van der Waals surface area contributed by atoms with Gasteiger partial charge in [-0.2, -0.15) is 5.10 Å². The molecule has 1 unspecified atom stereocenters. The second kappa shape index (κ2) is 12.6. The Hall–Kier alpha value is -3.86. The lowest BCUT2D eigenvalue weighted by Gasteiger charge is -2.28. The molecule has 1 aliphatic heterocycles. The van der Waals surface area contributed by atoms with Gasteiger partial charge in [-0.15, -0.1) is 0 Å². The third-order valence-electron chi connectivity index (χ3n) is 7.10. The second-order valence-electron chi connectivity index (χ2n) is 11.4. The summed E-state index contributed by atoms with van der Waals surface area (Å²) < 4.78 is 18.8. The highest BCUT2D eigenvalue weighted by molar-refractivity contribution is 9.10. The molecule has 42 heavy (non-hydrogen) atoms. The van der Waals surface area contributed by atoms with Crippen LogP contribution < -0.4 is 14.4 Å². The number of rotatable bonds is 9. The number of hydrogen-bond acceptors (Lipinski definition) is 8. The highest BCUT2D eigenvalue weighted by Gasteiger charge is 2.33. The topological polar surface area (TPSA) is 94.3 Å². The van der Waals surface area contributed by atoms with Crippen LogP contribution in [0.25, 0.3) is 5.65 Å². The number of aromatic nitrogens is 4. The van der Waals surface area contributed by atoms with Gasteiger partial charge in [-0.1, -0.05) is 24.3 Å². The molecular formula is C31H37BrN6O4. The largest absolute Gasteiger partial charge is 0.497 e. The Bertz CT molecular complexity index is 1470. The summed E-state index contributed by atoms with van der Waals surface area (Å²) in [6.07, 6.45) is 3.87. The summed E-state index contributed by atoms with van der Waals surface area (Å²) in [4.78, 5) is 26.7. The predicted molar refractivity (Wildman–Crippen MR) is 164 cm³/mol. The van der Waals surface area contributed by atoms with Crippen LogP contribution in [0.4, 0.5) is 10.6 Å². The van der Waals surface area contributed by atoms with Gasteiger partial charge in [0.25, 0.3) is 0 Å². The summed E-state index contributed by atoms with van der Waals surface area (Å²) in [6, 6.07) is 16.0. The van der Waals surface area contributed by atoms with E-state index in [0.717, 1.165) is 35.5 Å². The lowest BCUT2D eigenvalue weighted by Crippen LogP contribution is -2.40. The van der Waals surface area contributed by atoms with Gasteiger partial charge in [0, 0.05) is 32.1 Å². The van der Waals surface area contributed by atoms with E-state index < -0.39 is 5.60 Å². The van der Waals surface area contributed by atoms with Gasteiger partial charge in [0.15, 0.2) is 17.3 Å². The number of methoxy groups -OCH3 is 2. The molecule has 2 aromatic carbocycles. The molecule has 2 aromatic heterocycles. The van der Waals surface area contributed by atoms with Gasteiger partial charge >= 0.3 is 6.09 Å². The molecule has 4 aromatic rings. The van der Waals surface area contributed by atoms with E-state index in [1.807, 2.05) is 56.1 Å². The smallest absolute Gasteiger partial charge is 0.410 e. The van der Waals surface area contributed by atoms with Crippen molar-refractivity contribution >= 4 is 33.5 Å². The maximum absolute atomic E-state index is 12.9. The van der Waals surface area contributed by atoms with Crippen LogP contribution >= 0.6 is 15.9 Å². The van der Waals surface area contributed by atoms with Crippen molar-refractivity contribution in [3.8, 4) is 11.5 Å². The molecule has 222 valence electrons. The number of hydrogen-bond donors (Lipinski definition) is 0. The van der Waals surface area contributed by atoms with Crippen molar-refractivity contribution in [1.82, 2.24) is 24.5 Å². The molecule has 0 bridgehead atoms. The normalized spacial score (nSPS) is 15.2. The third-order valence-corrected chi connectivity index (χ3v) is 7.49. The van der Waals surface area contributed by atoms with E-state index in [0.29, 0.717) is 47.9 Å². The Labute approximate surface area is 254 Å². The minimum absolute atomic E-state index is 0.0215. The molecule has 1 aliphatic rings. The van der Waals surface area contributed by atoms with Crippen molar-refractivity contribution < 1.29 is 19.0 Å². The molecule has 0 N–H and O–H groups in total. The highest BCUT2D eigenvalue weighted by Crippen LogP contribution is 2.28. The van der Waals surface area contributed by atoms with E-state index in [-0.39, 0.29) is 12.1 Å². The van der Waals surface area contributed by atoms with Gasteiger partial charge in [-0.05, 0) is 84.9 Å². The zero-order valence-corrected chi connectivity index (χ0v) is 26.3. The molecule has 1 saturated heterocycles. The molecule has 0 saturated carbocycles. The van der Waals surface area contributed by atoms with Gasteiger partial charge < -0.3 is 24.0 Å². The van der Waals surface area contributed by atoms with E-state index in [1.165, 1.54) is 0 Å². The monoisotopic (exact) mass is 636 g/mol. The van der Waals surface area contributed by atoms with Gasteiger partial charge in [0.05, 0.1) is 20.4 Å². The number of carbonyl (C=O) groups is 1. The van der Waals surface area contributed by atoms with Crippen molar-refractivity contribution in [3.63, 3.8) is 0 Å². The van der Waals surface area contributed by atoms with Crippen molar-refractivity contribution in [3.05, 3.63) is 76.3 Å². The molecule has 5 rings (SSSR count). The Morgan fingerprint density at radius 2 is 1.57 bits per heavy atom. The van der Waals surface area contributed by atoms with Crippen molar-refractivity contribution in [2.45, 2.75) is 64.8 Å². The van der Waals surface area contributed by atoms with E-state index >= 15 is 0 Å². The first kappa shape index (κ1) is 29.6. The summed E-state index contributed by atoms with van der Waals surface area (Å²) in [5.41, 5.74) is 2.30. The first-order valence-corrected chi connectivity index (χ1v) is 14.8. The number of benzene rings is 2. The molecule has 0 radical (unpaired) electrons. The van der Waals surface area contributed by atoms with Crippen LogP contribution in [0, 0.1) is 0 Å². The number of amides is 1. The van der Waals surface area contributed by atoms with Crippen LogP contribution in [0.15, 0.2) is 59.3 Å². The quantitative estimate of drug-likeness (QED) is 0.219. The molecule has 1 fully saturated rings. The van der Waals surface area contributed by atoms with E-state index in [2.05, 4.69) is 45.1 Å². The number of halogens is 1. The Morgan fingerprint density at radius 1 is 0.976 bits per heavy atom.